The molecule has 94 valence electrons. The van der Waals surface area contributed by atoms with Crippen molar-refractivity contribution in [2.75, 3.05) is 11.1 Å². The second-order valence-corrected chi connectivity index (χ2v) is 4.32. The Morgan fingerprint density at radius 3 is 2.78 bits per heavy atom. The van der Waals surface area contributed by atoms with Crippen LogP contribution in [0.3, 0.4) is 0 Å². The van der Waals surface area contributed by atoms with Crippen molar-refractivity contribution < 1.29 is 4.79 Å². The van der Waals surface area contributed by atoms with Gasteiger partial charge in [-0.15, -0.1) is 0 Å². The summed E-state index contributed by atoms with van der Waals surface area (Å²) in [5, 5.41) is 6.79. The minimum Gasteiger partial charge on any atom is -0.396 e. The highest BCUT2D eigenvalue weighted by Crippen LogP contribution is 2.14. The lowest BCUT2D eigenvalue weighted by molar-refractivity contribution is -0.116. The monoisotopic (exact) mass is 244 g/mol. The van der Waals surface area contributed by atoms with Crippen LogP contribution in [-0.4, -0.2) is 15.7 Å². The summed E-state index contributed by atoms with van der Waals surface area (Å²) in [7, 11) is 0. The topological polar surface area (TPSA) is 72.9 Å². The van der Waals surface area contributed by atoms with Crippen molar-refractivity contribution >= 4 is 17.3 Å². The van der Waals surface area contributed by atoms with Crippen molar-refractivity contribution in [3.8, 4) is 0 Å². The maximum atomic E-state index is 11.8. The van der Waals surface area contributed by atoms with Gasteiger partial charge in [0.2, 0.25) is 5.91 Å². The van der Waals surface area contributed by atoms with Crippen molar-refractivity contribution in [3.05, 3.63) is 41.7 Å². The Balaban J connectivity index is 2.00. The van der Waals surface area contributed by atoms with Crippen LogP contribution in [-0.2, 0) is 11.3 Å². The Kier molecular flexibility index (Phi) is 3.32. The number of carbonyl (C=O) groups is 1. The molecule has 0 saturated carbocycles. The number of benzene rings is 1. The third-order valence-corrected chi connectivity index (χ3v) is 2.75. The van der Waals surface area contributed by atoms with Crippen LogP contribution in [0.5, 0.6) is 0 Å². The molecule has 1 aromatic heterocycles. The van der Waals surface area contributed by atoms with E-state index in [1.165, 1.54) is 16.4 Å². The van der Waals surface area contributed by atoms with Crippen molar-refractivity contribution in [2.24, 2.45) is 0 Å². The number of hydrogen-bond acceptors (Lipinski definition) is 3. The number of aromatic nitrogens is 2. The van der Waals surface area contributed by atoms with Gasteiger partial charge in [-0.1, -0.05) is 6.07 Å². The molecule has 0 bridgehead atoms. The summed E-state index contributed by atoms with van der Waals surface area (Å²) >= 11 is 0. The summed E-state index contributed by atoms with van der Waals surface area (Å²) < 4.78 is 1.51. The molecule has 0 saturated heterocycles. The first-order valence-corrected chi connectivity index (χ1v) is 5.69. The highest BCUT2D eigenvalue weighted by Gasteiger charge is 2.05. The van der Waals surface area contributed by atoms with E-state index >= 15 is 0 Å². The van der Waals surface area contributed by atoms with Gasteiger partial charge in [-0.05, 0) is 37.1 Å². The molecule has 0 radical (unpaired) electrons. The molecule has 0 spiro atoms. The van der Waals surface area contributed by atoms with E-state index in [1.807, 2.05) is 32.0 Å². The number of aryl methyl sites for hydroxylation is 2. The van der Waals surface area contributed by atoms with E-state index in [4.69, 9.17) is 5.73 Å². The second-order valence-electron chi connectivity index (χ2n) is 4.32. The standard InChI is InChI=1S/C13H16N4O/c1-9-3-4-12(5-10(9)2)16-13(18)8-17-7-11(14)6-15-17/h3-7H,8,14H2,1-2H3,(H,16,18). The SMILES string of the molecule is Cc1ccc(NC(=O)Cn2cc(N)cn2)cc1C. The molecule has 0 aliphatic heterocycles. The molecule has 5 heteroatoms. The average Bonchev–Trinajstić information content (AvgIpc) is 2.69. The van der Waals surface area contributed by atoms with Crippen molar-refractivity contribution in [3.63, 3.8) is 0 Å². The fourth-order valence-electron chi connectivity index (χ4n) is 1.63. The van der Waals surface area contributed by atoms with E-state index in [1.54, 1.807) is 6.20 Å². The fraction of sp³-hybridized carbons (Fsp3) is 0.231. The molecule has 18 heavy (non-hydrogen) atoms. The summed E-state index contributed by atoms with van der Waals surface area (Å²) in [5.41, 5.74) is 9.22. The normalized spacial score (nSPS) is 10.3. The van der Waals surface area contributed by atoms with Crippen LogP contribution in [0.15, 0.2) is 30.6 Å². The molecule has 0 aliphatic carbocycles. The van der Waals surface area contributed by atoms with Crippen LogP contribution >= 0.6 is 0 Å². The number of nitrogen functional groups attached to an aromatic ring is 1. The Morgan fingerprint density at radius 1 is 1.39 bits per heavy atom. The number of carbonyl (C=O) groups excluding carboxylic acids is 1. The Labute approximate surface area is 106 Å². The Bertz CT molecular complexity index is 574. The predicted molar refractivity (Wildman–Crippen MR) is 71.2 cm³/mol. The van der Waals surface area contributed by atoms with Gasteiger partial charge < -0.3 is 11.1 Å². The third-order valence-electron chi connectivity index (χ3n) is 2.75. The smallest absolute Gasteiger partial charge is 0.246 e. The average molecular weight is 244 g/mol. The molecule has 5 nitrogen and oxygen atoms in total. The summed E-state index contributed by atoms with van der Waals surface area (Å²) in [6, 6.07) is 5.82. The molecule has 0 unspecified atom stereocenters. The minimum absolute atomic E-state index is 0.124. The minimum atomic E-state index is -0.124. The molecular formula is C13H16N4O. The van der Waals surface area contributed by atoms with Gasteiger partial charge in [-0.3, -0.25) is 9.48 Å². The molecule has 0 fully saturated rings. The summed E-state index contributed by atoms with van der Waals surface area (Å²) in [4.78, 5) is 11.8. The number of hydrogen-bond donors (Lipinski definition) is 2. The van der Waals surface area contributed by atoms with Gasteiger partial charge in [0.05, 0.1) is 11.9 Å². The highest BCUT2D eigenvalue weighted by molar-refractivity contribution is 5.90. The van der Waals surface area contributed by atoms with Crippen LogP contribution in [0.1, 0.15) is 11.1 Å². The van der Waals surface area contributed by atoms with Crippen molar-refractivity contribution in [1.82, 2.24) is 9.78 Å². The first kappa shape index (κ1) is 12.2. The first-order valence-electron chi connectivity index (χ1n) is 5.69. The maximum absolute atomic E-state index is 11.8. The van der Waals surface area contributed by atoms with E-state index in [2.05, 4.69) is 10.4 Å². The van der Waals surface area contributed by atoms with Gasteiger partial charge in [0, 0.05) is 11.9 Å². The van der Waals surface area contributed by atoms with E-state index in [0.29, 0.717) is 5.69 Å². The molecular weight excluding hydrogens is 228 g/mol. The van der Waals surface area contributed by atoms with Gasteiger partial charge in [0.1, 0.15) is 6.54 Å². The number of nitrogens with zero attached hydrogens (tertiary/aromatic N) is 2. The lowest BCUT2D eigenvalue weighted by atomic mass is 10.1. The Morgan fingerprint density at radius 2 is 2.17 bits per heavy atom. The predicted octanol–water partition coefficient (Wildman–Crippen LogP) is 1.72. The van der Waals surface area contributed by atoms with Crippen LogP contribution < -0.4 is 11.1 Å². The molecule has 1 aromatic carbocycles. The molecule has 2 rings (SSSR count). The molecule has 3 N–H and O–H groups in total. The number of rotatable bonds is 3. The van der Waals surface area contributed by atoms with E-state index < -0.39 is 0 Å². The number of anilines is 2. The molecule has 1 heterocycles. The molecule has 0 atom stereocenters. The third kappa shape index (κ3) is 2.88. The summed E-state index contributed by atoms with van der Waals surface area (Å²) in [5.74, 6) is -0.124. The van der Waals surface area contributed by atoms with Crippen LogP contribution in [0.4, 0.5) is 11.4 Å². The summed E-state index contributed by atoms with van der Waals surface area (Å²) in [6.07, 6.45) is 3.14. The fourth-order valence-corrected chi connectivity index (χ4v) is 1.63. The van der Waals surface area contributed by atoms with Crippen LogP contribution in [0.25, 0.3) is 0 Å². The Hall–Kier alpha value is -2.30. The van der Waals surface area contributed by atoms with Gasteiger partial charge in [-0.2, -0.15) is 5.10 Å². The van der Waals surface area contributed by atoms with Crippen LogP contribution in [0, 0.1) is 13.8 Å². The van der Waals surface area contributed by atoms with Crippen molar-refractivity contribution in [2.45, 2.75) is 20.4 Å². The van der Waals surface area contributed by atoms with Crippen LogP contribution in [0.2, 0.25) is 0 Å². The second kappa shape index (κ2) is 4.91. The van der Waals surface area contributed by atoms with Crippen molar-refractivity contribution in [1.29, 1.82) is 0 Å². The number of nitrogens with one attached hydrogen (secondary N) is 1. The van der Waals surface area contributed by atoms with E-state index in [9.17, 15) is 4.79 Å². The largest absolute Gasteiger partial charge is 0.396 e. The molecule has 2 aromatic rings. The number of amides is 1. The lowest BCUT2D eigenvalue weighted by Crippen LogP contribution is -2.19. The molecule has 1 amide bonds. The zero-order valence-corrected chi connectivity index (χ0v) is 10.5. The van der Waals surface area contributed by atoms with Gasteiger partial charge in [0.25, 0.3) is 0 Å². The number of nitrogens with two attached hydrogens (primary N) is 1. The lowest BCUT2D eigenvalue weighted by Gasteiger charge is -2.07. The van der Waals surface area contributed by atoms with Gasteiger partial charge in [0.15, 0.2) is 0 Å². The maximum Gasteiger partial charge on any atom is 0.246 e. The highest BCUT2D eigenvalue weighted by atomic mass is 16.2. The van der Waals surface area contributed by atoms with Gasteiger partial charge in [-0.25, -0.2) is 0 Å². The first-order chi connectivity index (χ1) is 8.54. The zero-order valence-electron chi connectivity index (χ0n) is 10.5. The quantitative estimate of drug-likeness (QED) is 0.863. The van der Waals surface area contributed by atoms with Gasteiger partial charge >= 0.3 is 0 Å². The molecule has 0 aliphatic rings. The summed E-state index contributed by atoms with van der Waals surface area (Å²) in [6.45, 7) is 4.21. The van der Waals surface area contributed by atoms with E-state index in [0.717, 1.165) is 11.3 Å². The van der Waals surface area contributed by atoms with E-state index in [-0.39, 0.29) is 12.5 Å². The zero-order chi connectivity index (χ0) is 13.1.